The Kier molecular flexibility index (Phi) is 9.52. The summed E-state index contributed by atoms with van der Waals surface area (Å²) >= 11 is 0. The molecule has 7 heteroatoms. The van der Waals surface area contributed by atoms with Crippen LogP contribution in [0.15, 0.2) is 42.6 Å². The summed E-state index contributed by atoms with van der Waals surface area (Å²) in [7, 11) is 1.40. The van der Waals surface area contributed by atoms with Gasteiger partial charge in [-0.3, -0.25) is 4.79 Å². The van der Waals surface area contributed by atoms with Gasteiger partial charge in [-0.05, 0) is 50.0 Å². The number of nitrogens with one attached hydrogen (secondary N) is 1. The van der Waals surface area contributed by atoms with Crippen LogP contribution in [0.5, 0.6) is 11.5 Å². The average Bonchev–Trinajstić information content (AvgIpc) is 2.88. The smallest absolute Gasteiger partial charge is 0.328 e. The molecule has 1 saturated heterocycles. The van der Waals surface area contributed by atoms with E-state index in [0.29, 0.717) is 18.3 Å². The molecule has 2 N–H and O–H groups in total. The van der Waals surface area contributed by atoms with Crippen molar-refractivity contribution in [3.8, 4) is 11.5 Å². The summed E-state index contributed by atoms with van der Waals surface area (Å²) in [6.45, 7) is 6.43. The molecule has 7 nitrogen and oxygen atoms in total. The molecule has 1 aliphatic heterocycles. The predicted molar refractivity (Wildman–Crippen MR) is 134 cm³/mol. The van der Waals surface area contributed by atoms with Crippen LogP contribution in [-0.2, 0) is 16.0 Å². The fraction of sp³-hybridized carbons (Fsp3) is 0.536. The van der Waals surface area contributed by atoms with Crippen molar-refractivity contribution in [2.45, 2.75) is 71.4 Å². The zero-order chi connectivity index (χ0) is 25.4. The van der Waals surface area contributed by atoms with E-state index in [1.165, 1.54) is 24.9 Å². The number of benzene rings is 1. The molecule has 2 heterocycles. The minimum atomic E-state index is -0.807. The van der Waals surface area contributed by atoms with Gasteiger partial charge in [-0.15, -0.1) is 0 Å². The van der Waals surface area contributed by atoms with Gasteiger partial charge in [0.05, 0.1) is 7.11 Å². The van der Waals surface area contributed by atoms with E-state index in [1.807, 2.05) is 25.1 Å². The van der Waals surface area contributed by atoms with Crippen molar-refractivity contribution in [2.24, 2.45) is 17.8 Å². The number of hydrogen-bond donors (Lipinski definition) is 2. The Labute approximate surface area is 208 Å². The van der Waals surface area contributed by atoms with E-state index in [1.54, 1.807) is 0 Å². The number of carbonyl (C=O) groups excluding carboxylic acids is 2. The summed E-state index contributed by atoms with van der Waals surface area (Å²) in [5, 5.41) is 13.0. The number of aromatic hydroxyl groups is 1. The lowest BCUT2D eigenvalue weighted by molar-refractivity contribution is -0.153. The minimum absolute atomic E-state index is 0.146. The lowest BCUT2D eigenvalue weighted by Gasteiger charge is -2.32. The van der Waals surface area contributed by atoms with Crippen LogP contribution in [0, 0.1) is 17.8 Å². The highest BCUT2D eigenvalue weighted by molar-refractivity contribution is 5.97. The number of aromatic nitrogens is 1. The van der Waals surface area contributed by atoms with Gasteiger partial charge in [0.25, 0.3) is 5.91 Å². The fourth-order valence-electron chi connectivity index (χ4n) is 4.90. The Bertz CT molecular complexity index is 979. The van der Waals surface area contributed by atoms with Crippen molar-refractivity contribution < 1.29 is 24.2 Å². The standard InChI is InChI=1S/C28H38N2O5/c1-18(2)13-14-21-11-8-12-23(30-27(32)25-26(31)24(34-4)15-16-29-25)28(33)35-19(3)22(21)17-20-9-6-5-7-10-20/h5-7,9-10,15-16,18-19,21-23,31H,8,11-14,17H2,1-4H3,(H,30,32). The average molecular weight is 483 g/mol. The topological polar surface area (TPSA) is 97.8 Å². The van der Waals surface area contributed by atoms with E-state index in [2.05, 4.69) is 36.3 Å². The number of ether oxygens (including phenoxy) is 2. The Morgan fingerprint density at radius 1 is 1.23 bits per heavy atom. The van der Waals surface area contributed by atoms with Crippen LogP contribution in [0.2, 0.25) is 0 Å². The second kappa shape index (κ2) is 12.6. The van der Waals surface area contributed by atoms with Crippen molar-refractivity contribution in [3.05, 3.63) is 53.9 Å². The van der Waals surface area contributed by atoms with Gasteiger partial charge < -0.3 is 19.9 Å². The van der Waals surface area contributed by atoms with Gasteiger partial charge in [-0.25, -0.2) is 9.78 Å². The molecule has 1 aromatic carbocycles. The van der Waals surface area contributed by atoms with Crippen LogP contribution in [0.4, 0.5) is 0 Å². The maximum Gasteiger partial charge on any atom is 0.328 e. The van der Waals surface area contributed by atoms with E-state index in [4.69, 9.17) is 9.47 Å². The third-order valence-electron chi connectivity index (χ3n) is 6.92. The number of rotatable bonds is 8. The van der Waals surface area contributed by atoms with E-state index in [9.17, 15) is 14.7 Å². The van der Waals surface area contributed by atoms with Crippen LogP contribution in [-0.4, -0.2) is 41.2 Å². The zero-order valence-corrected chi connectivity index (χ0v) is 21.2. The molecule has 0 aliphatic carbocycles. The first-order valence-electron chi connectivity index (χ1n) is 12.6. The molecule has 1 aliphatic rings. The molecule has 4 atom stereocenters. The molecule has 0 spiro atoms. The number of cyclic esters (lactones) is 1. The number of amides is 1. The number of pyridine rings is 1. The van der Waals surface area contributed by atoms with E-state index >= 15 is 0 Å². The maximum atomic E-state index is 13.1. The van der Waals surface area contributed by atoms with Crippen LogP contribution < -0.4 is 10.1 Å². The summed E-state index contributed by atoms with van der Waals surface area (Å²) in [6, 6.07) is 11.0. The molecule has 35 heavy (non-hydrogen) atoms. The number of carbonyl (C=O) groups is 2. The SMILES string of the molecule is COc1ccnc(C(=O)NC2CCCC(CCC(C)C)C(Cc3ccccc3)C(C)OC2=O)c1O. The van der Waals surface area contributed by atoms with Crippen molar-refractivity contribution in [3.63, 3.8) is 0 Å². The van der Waals surface area contributed by atoms with Gasteiger partial charge in [0.2, 0.25) is 0 Å². The highest BCUT2D eigenvalue weighted by atomic mass is 16.5. The summed E-state index contributed by atoms with van der Waals surface area (Å²) in [6.07, 6.45) is 6.35. The lowest BCUT2D eigenvalue weighted by atomic mass is 9.77. The van der Waals surface area contributed by atoms with Crippen LogP contribution in [0.3, 0.4) is 0 Å². The lowest BCUT2D eigenvalue weighted by Crippen LogP contribution is -2.43. The Morgan fingerprint density at radius 2 is 1.97 bits per heavy atom. The van der Waals surface area contributed by atoms with Crippen LogP contribution in [0.25, 0.3) is 0 Å². The van der Waals surface area contributed by atoms with Gasteiger partial charge >= 0.3 is 5.97 Å². The van der Waals surface area contributed by atoms with Crippen molar-refractivity contribution >= 4 is 11.9 Å². The largest absolute Gasteiger partial charge is 0.503 e. The molecule has 0 radical (unpaired) electrons. The highest BCUT2D eigenvalue weighted by Gasteiger charge is 2.34. The number of methoxy groups -OCH3 is 1. The summed E-state index contributed by atoms with van der Waals surface area (Å²) < 4.78 is 11.0. The monoisotopic (exact) mass is 482 g/mol. The van der Waals surface area contributed by atoms with Gasteiger partial charge in [0.1, 0.15) is 12.1 Å². The molecule has 4 unspecified atom stereocenters. The third kappa shape index (κ3) is 7.20. The number of hydrogen-bond acceptors (Lipinski definition) is 6. The van der Waals surface area contributed by atoms with Crippen molar-refractivity contribution in [2.75, 3.05) is 7.11 Å². The fourth-order valence-corrected chi connectivity index (χ4v) is 4.90. The zero-order valence-electron chi connectivity index (χ0n) is 21.2. The van der Waals surface area contributed by atoms with Gasteiger partial charge in [-0.2, -0.15) is 0 Å². The first-order valence-corrected chi connectivity index (χ1v) is 12.6. The molecular formula is C28H38N2O5. The normalized spacial score (nSPS) is 23.1. The molecule has 3 rings (SSSR count). The minimum Gasteiger partial charge on any atom is -0.503 e. The maximum absolute atomic E-state index is 13.1. The summed E-state index contributed by atoms with van der Waals surface area (Å²) in [4.78, 5) is 30.0. The molecule has 2 aromatic rings. The van der Waals surface area contributed by atoms with Gasteiger partial charge in [0, 0.05) is 18.2 Å². The number of esters is 1. The Hall–Kier alpha value is -3.09. The molecule has 0 bridgehead atoms. The molecule has 0 saturated carbocycles. The first kappa shape index (κ1) is 26.5. The molecule has 190 valence electrons. The van der Waals surface area contributed by atoms with E-state index in [0.717, 1.165) is 32.1 Å². The van der Waals surface area contributed by atoms with Crippen molar-refractivity contribution in [1.29, 1.82) is 0 Å². The molecule has 1 amide bonds. The third-order valence-corrected chi connectivity index (χ3v) is 6.92. The van der Waals surface area contributed by atoms with Gasteiger partial charge in [0.15, 0.2) is 17.2 Å². The Morgan fingerprint density at radius 3 is 2.66 bits per heavy atom. The Balaban J connectivity index is 1.78. The highest BCUT2D eigenvalue weighted by Crippen LogP contribution is 2.34. The predicted octanol–water partition coefficient (Wildman–Crippen LogP) is 4.92. The number of nitrogens with zero attached hydrogens (tertiary/aromatic N) is 1. The van der Waals surface area contributed by atoms with E-state index in [-0.39, 0.29) is 29.2 Å². The second-order valence-electron chi connectivity index (χ2n) is 9.89. The van der Waals surface area contributed by atoms with E-state index < -0.39 is 17.9 Å². The van der Waals surface area contributed by atoms with Crippen LogP contribution >= 0.6 is 0 Å². The molecular weight excluding hydrogens is 444 g/mol. The van der Waals surface area contributed by atoms with Crippen molar-refractivity contribution in [1.82, 2.24) is 10.3 Å². The second-order valence-corrected chi connectivity index (χ2v) is 9.89. The first-order chi connectivity index (χ1) is 16.8. The summed E-state index contributed by atoms with van der Waals surface area (Å²) in [5.41, 5.74) is 1.06. The molecule has 1 fully saturated rings. The molecule has 1 aromatic heterocycles. The van der Waals surface area contributed by atoms with Gasteiger partial charge in [-0.1, -0.05) is 57.0 Å². The van der Waals surface area contributed by atoms with Crippen LogP contribution in [0.1, 0.15) is 68.9 Å². The summed E-state index contributed by atoms with van der Waals surface area (Å²) in [5.74, 6) is -0.0738. The quantitative estimate of drug-likeness (QED) is 0.518.